The summed E-state index contributed by atoms with van der Waals surface area (Å²) in [5.41, 5.74) is -0.342. The van der Waals surface area contributed by atoms with E-state index >= 15 is 0 Å². The molecule has 0 unspecified atom stereocenters. The summed E-state index contributed by atoms with van der Waals surface area (Å²) in [5.74, 6) is 0. The number of rotatable bonds is 5. The molecule has 2 aromatic rings. The molecule has 1 aromatic heterocycles. The first-order valence-corrected chi connectivity index (χ1v) is 17.3. The molecule has 0 atom stereocenters. The van der Waals surface area contributed by atoms with Gasteiger partial charge in [-0.15, -0.1) is 0 Å². The summed E-state index contributed by atoms with van der Waals surface area (Å²) in [4.78, 5) is 8.67. The number of aromatic nitrogens is 1. The van der Waals surface area contributed by atoms with Gasteiger partial charge in [-0.25, -0.2) is 16.8 Å². The second-order valence-electron chi connectivity index (χ2n) is 4.83. The second-order valence-corrected chi connectivity index (χ2v) is 32.8. The second kappa shape index (κ2) is 10.3. The highest BCUT2D eigenvalue weighted by Gasteiger charge is 2.44. The first-order valence-electron chi connectivity index (χ1n) is 6.44. The molecule has 0 amide bonds. The zero-order valence-corrected chi connectivity index (χ0v) is 29.8. The first-order chi connectivity index (χ1) is 13.3. The van der Waals surface area contributed by atoms with Crippen LogP contribution in [0.4, 0.5) is 0 Å². The van der Waals surface area contributed by atoms with Crippen molar-refractivity contribution in [3.63, 3.8) is 0 Å². The van der Waals surface area contributed by atoms with E-state index in [0.29, 0.717) is 12.0 Å². The molecular formula is C10H2Br9NO7S3. The molecule has 1 aromatic carbocycles. The lowest BCUT2D eigenvalue weighted by molar-refractivity contribution is -0.184. The van der Waals surface area contributed by atoms with Crippen molar-refractivity contribution in [1.29, 1.82) is 0 Å². The van der Waals surface area contributed by atoms with Crippen LogP contribution in [0.3, 0.4) is 0 Å². The highest BCUT2D eigenvalue weighted by Crippen LogP contribution is 2.47. The molecule has 0 spiro atoms. The fraction of sp³-hybridized carbons (Fsp3) is 0.300. The third kappa shape index (κ3) is 6.89. The number of alkyl halides is 9. The van der Waals surface area contributed by atoms with Crippen LogP contribution in [0.15, 0.2) is 31.6 Å². The van der Waals surface area contributed by atoms with E-state index in [9.17, 15) is 16.8 Å². The van der Waals surface area contributed by atoms with Gasteiger partial charge in [0.2, 0.25) is 12.8 Å². The Morgan fingerprint density at radius 1 is 0.867 bits per heavy atom. The molecule has 1 heterocycles. The van der Waals surface area contributed by atoms with Crippen LogP contribution in [0.25, 0.3) is 11.1 Å². The number of hydrogen-bond acceptors (Lipinski definition) is 9. The van der Waals surface area contributed by atoms with Gasteiger partial charge in [0.15, 0.2) is 5.58 Å². The van der Waals surface area contributed by atoms with Crippen molar-refractivity contribution in [2.24, 2.45) is 0 Å². The monoisotopic (exact) mass is 1050 g/mol. The van der Waals surface area contributed by atoms with Crippen molar-refractivity contribution in [3.05, 3.63) is 12.1 Å². The van der Waals surface area contributed by atoms with Crippen LogP contribution in [-0.2, 0) is 28.9 Å². The van der Waals surface area contributed by atoms with Crippen LogP contribution in [0, 0.1) is 0 Å². The largest absolute Gasteiger partial charge is 0.428 e. The summed E-state index contributed by atoms with van der Waals surface area (Å²) in [5, 5.41) is -0.733. The van der Waals surface area contributed by atoms with Crippen molar-refractivity contribution in [1.82, 2.24) is 4.98 Å². The van der Waals surface area contributed by atoms with Gasteiger partial charge < -0.3 is 4.42 Å². The normalized spacial score (nSPS) is 14.4. The molecule has 0 bridgehead atoms. The number of sulfone groups is 2. The van der Waals surface area contributed by atoms with E-state index in [1.54, 1.807) is 0 Å². The van der Waals surface area contributed by atoms with Crippen molar-refractivity contribution in [2.45, 2.75) is 20.3 Å². The zero-order chi connectivity index (χ0) is 23.3. The topological polar surface area (TPSA) is 113 Å². The van der Waals surface area contributed by atoms with E-state index < -0.39 is 30.2 Å². The van der Waals surface area contributed by atoms with Crippen molar-refractivity contribution in [2.75, 3.05) is 0 Å². The van der Waals surface area contributed by atoms with Gasteiger partial charge in [0.1, 0.15) is 10.4 Å². The van der Waals surface area contributed by atoms with E-state index in [1.807, 2.05) is 0 Å². The smallest absolute Gasteiger partial charge is 0.319 e. The first kappa shape index (κ1) is 29.4. The van der Waals surface area contributed by atoms with Crippen LogP contribution < -0.4 is 0 Å². The molecule has 20 heteroatoms. The molecule has 8 nitrogen and oxygen atoms in total. The van der Waals surface area contributed by atoms with E-state index in [4.69, 9.17) is 13.6 Å². The lowest BCUT2D eigenvalue weighted by Crippen LogP contribution is -2.19. The number of oxazole rings is 1. The maximum Gasteiger partial charge on any atom is 0.319 e. The van der Waals surface area contributed by atoms with Gasteiger partial charge in [0, 0.05) is 4.90 Å². The summed E-state index contributed by atoms with van der Waals surface area (Å²) in [6, 6.07) is 2.55. The number of benzene rings is 1. The Morgan fingerprint density at radius 3 is 1.87 bits per heavy atom. The highest BCUT2D eigenvalue weighted by atomic mass is 80.0. The van der Waals surface area contributed by atoms with Gasteiger partial charge in [-0.1, -0.05) is 0 Å². The highest BCUT2D eigenvalue weighted by molar-refractivity contribution is 9.42. The van der Waals surface area contributed by atoms with Gasteiger partial charge in [0.25, 0.3) is 12.2 Å². The summed E-state index contributed by atoms with van der Waals surface area (Å²) in [6.45, 7) is 0. The average Bonchev–Trinajstić information content (AvgIpc) is 2.95. The predicted octanol–water partition coefficient (Wildman–Crippen LogP) is 7.72. The van der Waals surface area contributed by atoms with Crippen LogP contribution in [-0.4, -0.2) is 27.1 Å². The fourth-order valence-corrected chi connectivity index (χ4v) is 7.07. The van der Waals surface area contributed by atoms with Crippen molar-refractivity contribution in [3.8, 4) is 0 Å². The average molecular weight is 1060 g/mol. The van der Waals surface area contributed by atoms with Crippen LogP contribution in [0.2, 0.25) is 0 Å². The van der Waals surface area contributed by atoms with E-state index in [-0.39, 0.29) is 20.9 Å². The van der Waals surface area contributed by atoms with Gasteiger partial charge in [0.05, 0.1) is 12.0 Å². The summed E-state index contributed by atoms with van der Waals surface area (Å²) in [6.07, 6.45) is 0. The molecule has 0 aliphatic heterocycles. The van der Waals surface area contributed by atoms with E-state index in [2.05, 4.69) is 148 Å². The maximum absolute atomic E-state index is 13.0. The van der Waals surface area contributed by atoms with Gasteiger partial charge in [-0.2, -0.15) is 14.2 Å². The van der Waals surface area contributed by atoms with Gasteiger partial charge >= 0.3 is 5.22 Å². The Hall–Kier alpha value is 3.18. The third-order valence-corrected chi connectivity index (χ3v) is 14.2. The molecule has 0 N–H and O–H groups in total. The lowest BCUT2D eigenvalue weighted by atomic mass is 10.3. The molecular weight excluding hydrogens is 1060 g/mol. The van der Waals surface area contributed by atoms with Crippen LogP contribution in [0.1, 0.15) is 0 Å². The number of halogens is 9. The Kier molecular flexibility index (Phi) is 10.1. The minimum absolute atomic E-state index is 0.128. The number of fused-ring (bicyclic) bond motifs is 1. The summed E-state index contributed by atoms with van der Waals surface area (Å²) >= 11 is 27.4. The van der Waals surface area contributed by atoms with Crippen molar-refractivity contribution >= 4 is 186 Å². The summed E-state index contributed by atoms with van der Waals surface area (Å²) in [7, 11) is -8.41. The molecule has 0 aliphatic carbocycles. The molecule has 0 radical (unpaired) electrons. The maximum atomic E-state index is 13.0. The number of hydrogen-bond donors (Lipinski definition) is 0. The van der Waals surface area contributed by atoms with Crippen LogP contribution >= 0.6 is 155 Å². The minimum atomic E-state index is -4.22. The number of nitrogens with zero attached hydrogens (tertiary/aromatic N) is 1. The van der Waals surface area contributed by atoms with Gasteiger partial charge in [-0.05, 0) is 156 Å². The Labute approximate surface area is 250 Å². The SMILES string of the molecule is O=S(=O)(c1nc2c(S(=O)(=O)C(Br)(Br)Br)cc(SOOC(Br)(Br)Br)cc2o1)C(Br)(Br)Br. The Balaban J connectivity index is 2.71. The van der Waals surface area contributed by atoms with Crippen molar-refractivity contribution < 1.29 is 30.5 Å². The fourth-order valence-electron chi connectivity index (χ4n) is 1.64. The Bertz CT molecular complexity index is 1160. The third-order valence-electron chi connectivity index (χ3n) is 2.80. The van der Waals surface area contributed by atoms with Crippen LogP contribution in [0.5, 0.6) is 0 Å². The van der Waals surface area contributed by atoms with E-state index in [1.165, 1.54) is 12.1 Å². The molecule has 0 fully saturated rings. The quantitative estimate of drug-likeness (QED) is 0.129. The summed E-state index contributed by atoms with van der Waals surface area (Å²) < 4.78 is 56.8. The molecule has 0 saturated carbocycles. The molecule has 30 heavy (non-hydrogen) atoms. The van der Waals surface area contributed by atoms with E-state index in [0.717, 1.165) is 0 Å². The standard InChI is InChI=1S/C10H2Br9NO7S3/c11-8(12,13)26-27-28-3-1-4-6(5(2-3)29(21,22)9(14,15)16)20-7(25-4)30(23,24)10(17,18)19/h1-2H. The molecule has 2 rings (SSSR count). The Morgan fingerprint density at radius 2 is 1.40 bits per heavy atom. The predicted molar refractivity (Wildman–Crippen MR) is 145 cm³/mol. The van der Waals surface area contributed by atoms with Gasteiger partial charge in [-0.3, -0.25) is 0 Å². The molecule has 170 valence electrons. The molecule has 0 aliphatic rings. The molecule has 0 saturated heterocycles. The lowest BCUT2D eigenvalue weighted by Gasteiger charge is -2.15. The zero-order valence-electron chi connectivity index (χ0n) is 13.1. The minimum Gasteiger partial charge on any atom is -0.428 e.